The Hall–Kier alpha value is -2.27. The van der Waals surface area contributed by atoms with Crippen LogP contribution in [-0.2, 0) is 6.42 Å². The fourth-order valence-electron chi connectivity index (χ4n) is 1.53. The molecule has 0 unspecified atom stereocenters. The van der Waals surface area contributed by atoms with E-state index in [0.29, 0.717) is 5.56 Å². The summed E-state index contributed by atoms with van der Waals surface area (Å²) in [4.78, 5) is 0. The summed E-state index contributed by atoms with van der Waals surface area (Å²) >= 11 is 0. The molecule has 0 radical (unpaired) electrons. The van der Waals surface area contributed by atoms with E-state index in [1.807, 2.05) is 26.0 Å². The lowest BCUT2D eigenvalue weighted by Crippen LogP contribution is -1.85. The third kappa shape index (κ3) is 4.48. The van der Waals surface area contributed by atoms with Crippen LogP contribution in [0.25, 0.3) is 0 Å². The second-order valence-electron chi connectivity index (χ2n) is 3.74. The van der Waals surface area contributed by atoms with Crippen LogP contribution in [0.2, 0.25) is 0 Å². The first-order valence-electron chi connectivity index (χ1n) is 6.59. The van der Waals surface area contributed by atoms with Crippen LogP contribution in [0.3, 0.4) is 0 Å². The second kappa shape index (κ2) is 7.94. The molecule has 0 heterocycles. The van der Waals surface area contributed by atoms with Crippen molar-refractivity contribution in [2.75, 3.05) is 0 Å². The maximum Gasteiger partial charge on any atom is 0.127 e. The van der Waals surface area contributed by atoms with Gasteiger partial charge in [-0.15, -0.1) is 0 Å². The Bertz CT molecular complexity index is 521. The van der Waals surface area contributed by atoms with Crippen molar-refractivity contribution in [1.29, 1.82) is 5.26 Å². The highest BCUT2D eigenvalue weighted by Crippen LogP contribution is 2.21. The van der Waals surface area contributed by atoms with Crippen LogP contribution in [0.4, 0.5) is 0 Å². The zero-order chi connectivity index (χ0) is 14.1. The second-order valence-corrected chi connectivity index (χ2v) is 3.74. The maximum absolute atomic E-state index is 8.69. The van der Waals surface area contributed by atoms with Gasteiger partial charge in [-0.25, -0.2) is 0 Å². The number of benzene rings is 2. The Labute approximate surface area is 115 Å². The monoisotopic (exact) mass is 253 g/mol. The quantitative estimate of drug-likeness (QED) is 0.776. The van der Waals surface area contributed by atoms with Crippen molar-refractivity contribution < 1.29 is 4.74 Å². The minimum atomic E-state index is 0.638. The molecule has 98 valence electrons. The molecule has 0 saturated carbocycles. The van der Waals surface area contributed by atoms with Gasteiger partial charge in [0, 0.05) is 0 Å². The summed E-state index contributed by atoms with van der Waals surface area (Å²) in [7, 11) is 0. The van der Waals surface area contributed by atoms with Gasteiger partial charge in [0.05, 0.1) is 11.6 Å². The van der Waals surface area contributed by atoms with Crippen molar-refractivity contribution in [1.82, 2.24) is 0 Å². The lowest BCUT2D eigenvalue weighted by atomic mass is 10.2. The van der Waals surface area contributed by atoms with Crippen LogP contribution in [0.1, 0.15) is 31.9 Å². The van der Waals surface area contributed by atoms with Gasteiger partial charge < -0.3 is 4.74 Å². The number of aryl methyl sites for hydroxylation is 1. The van der Waals surface area contributed by atoms with Gasteiger partial charge >= 0.3 is 0 Å². The van der Waals surface area contributed by atoms with Crippen LogP contribution in [-0.4, -0.2) is 0 Å². The molecule has 2 aromatic carbocycles. The van der Waals surface area contributed by atoms with Crippen LogP contribution >= 0.6 is 0 Å². The number of nitriles is 1. The standard InChI is InChI=1S/C15H13NO.C2H6/c1-2-12-3-7-14(8-4-12)17-15-9-5-13(11-16)6-10-15;1-2/h3-10H,2H2,1H3;1-2H3. The van der Waals surface area contributed by atoms with Gasteiger partial charge in [0.2, 0.25) is 0 Å². The Balaban J connectivity index is 0.000000861. The third-order valence-corrected chi connectivity index (χ3v) is 2.55. The molecule has 0 bridgehead atoms. The zero-order valence-electron chi connectivity index (χ0n) is 11.7. The molecule has 0 atom stereocenters. The van der Waals surface area contributed by atoms with Crippen LogP contribution in [0.15, 0.2) is 48.5 Å². The van der Waals surface area contributed by atoms with Crippen molar-refractivity contribution in [2.24, 2.45) is 0 Å². The predicted molar refractivity (Wildman–Crippen MR) is 78.4 cm³/mol. The molecule has 0 saturated heterocycles. The SMILES string of the molecule is CC.CCc1ccc(Oc2ccc(C#N)cc2)cc1. The van der Waals surface area contributed by atoms with Gasteiger partial charge in [0.25, 0.3) is 0 Å². The molecular formula is C17H19NO. The van der Waals surface area contributed by atoms with Crippen molar-refractivity contribution in [3.63, 3.8) is 0 Å². The summed E-state index contributed by atoms with van der Waals surface area (Å²) in [5.74, 6) is 1.56. The van der Waals surface area contributed by atoms with Crippen LogP contribution in [0, 0.1) is 11.3 Å². The summed E-state index contributed by atoms with van der Waals surface area (Å²) in [5.41, 5.74) is 1.93. The molecule has 2 aromatic rings. The van der Waals surface area contributed by atoms with Gasteiger partial charge in [-0.1, -0.05) is 32.9 Å². The minimum Gasteiger partial charge on any atom is -0.457 e. The normalized spacial score (nSPS) is 8.95. The largest absolute Gasteiger partial charge is 0.457 e. The third-order valence-electron chi connectivity index (χ3n) is 2.55. The van der Waals surface area contributed by atoms with E-state index in [0.717, 1.165) is 17.9 Å². The Kier molecular flexibility index (Phi) is 6.18. The van der Waals surface area contributed by atoms with Gasteiger partial charge in [-0.05, 0) is 48.4 Å². The first-order chi connectivity index (χ1) is 9.31. The van der Waals surface area contributed by atoms with Crippen LogP contribution in [0.5, 0.6) is 11.5 Å². The molecule has 0 spiro atoms. The van der Waals surface area contributed by atoms with E-state index in [1.54, 1.807) is 24.3 Å². The molecule has 0 aliphatic rings. The van der Waals surface area contributed by atoms with Gasteiger partial charge in [-0.2, -0.15) is 5.26 Å². The number of hydrogen-bond acceptors (Lipinski definition) is 2. The highest BCUT2D eigenvalue weighted by Gasteiger charge is 1.97. The van der Waals surface area contributed by atoms with Crippen molar-refractivity contribution in [3.05, 3.63) is 59.7 Å². The summed E-state index contributed by atoms with van der Waals surface area (Å²) in [6.07, 6.45) is 1.02. The highest BCUT2D eigenvalue weighted by molar-refractivity contribution is 5.37. The number of rotatable bonds is 3. The fourth-order valence-corrected chi connectivity index (χ4v) is 1.53. The van der Waals surface area contributed by atoms with Gasteiger partial charge in [0.1, 0.15) is 11.5 Å². The Morgan fingerprint density at radius 1 is 0.895 bits per heavy atom. The number of ether oxygens (including phenoxy) is 1. The van der Waals surface area contributed by atoms with E-state index in [2.05, 4.69) is 25.1 Å². The molecule has 0 N–H and O–H groups in total. The Morgan fingerprint density at radius 2 is 1.37 bits per heavy atom. The smallest absolute Gasteiger partial charge is 0.127 e. The van der Waals surface area contributed by atoms with Crippen molar-refractivity contribution >= 4 is 0 Å². The first-order valence-corrected chi connectivity index (χ1v) is 6.59. The summed E-state index contributed by atoms with van der Waals surface area (Å²) in [5, 5.41) is 8.69. The molecule has 0 amide bonds. The summed E-state index contributed by atoms with van der Waals surface area (Å²) < 4.78 is 5.67. The molecule has 0 fully saturated rings. The van der Waals surface area contributed by atoms with Gasteiger partial charge in [-0.3, -0.25) is 0 Å². The lowest BCUT2D eigenvalue weighted by molar-refractivity contribution is 0.482. The molecule has 2 rings (SSSR count). The number of hydrogen-bond donors (Lipinski definition) is 0. The van der Waals surface area contributed by atoms with Crippen molar-refractivity contribution in [3.8, 4) is 17.6 Å². The molecule has 0 aliphatic carbocycles. The molecule has 2 nitrogen and oxygen atoms in total. The zero-order valence-corrected chi connectivity index (χ0v) is 11.7. The first kappa shape index (κ1) is 14.8. The summed E-state index contributed by atoms with van der Waals surface area (Å²) in [6, 6.07) is 17.2. The average molecular weight is 253 g/mol. The minimum absolute atomic E-state index is 0.638. The molecule has 19 heavy (non-hydrogen) atoms. The van der Waals surface area contributed by atoms with E-state index in [1.165, 1.54) is 5.56 Å². The van der Waals surface area contributed by atoms with Crippen molar-refractivity contribution in [2.45, 2.75) is 27.2 Å². The predicted octanol–water partition coefficient (Wildman–Crippen LogP) is 4.94. The number of nitrogens with zero attached hydrogens (tertiary/aromatic N) is 1. The lowest BCUT2D eigenvalue weighted by Gasteiger charge is -2.06. The van der Waals surface area contributed by atoms with Crippen LogP contribution < -0.4 is 4.74 Å². The van der Waals surface area contributed by atoms with E-state index >= 15 is 0 Å². The van der Waals surface area contributed by atoms with E-state index in [-0.39, 0.29) is 0 Å². The molecule has 0 aromatic heterocycles. The Morgan fingerprint density at radius 3 is 1.79 bits per heavy atom. The average Bonchev–Trinajstić information content (AvgIpc) is 2.51. The molecule has 0 aliphatic heterocycles. The maximum atomic E-state index is 8.69. The fraction of sp³-hybridized carbons (Fsp3) is 0.235. The summed E-state index contributed by atoms with van der Waals surface area (Å²) in [6.45, 7) is 6.12. The van der Waals surface area contributed by atoms with E-state index in [4.69, 9.17) is 10.00 Å². The van der Waals surface area contributed by atoms with E-state index in [9.17, 15) is 0 Å². The molecule has 2 heteroatoms. The van der Waals surface area contributed by atoms with Gasteiger partial charge in [0.15, 0.2) is 0 Å². The topological polar surface area (TPSA) is 33.0 Å². The molecular weight excluding hydrogens is 234 g/mol. The van der Waals surface area contributed by atoms with E-state index < -0.39 is 0 Å². The highest BCUT2D eigenvalue weighted by atomic mass is 16.5.